The van der Waals surface area contributed by atoms with Crippen molar-refractivity contribution in [3.8, 4) is 33.4 Å². The molecule has 0 spiro atoms. The molecule has 9 aromatic carbocycles. The van der Waals surface area contributed by atoms with E-state index in [1.807, 2.05) is 11.3 Å². The summed E-state index contributed by atoms with van der Waals surface area (Å²) in [6, 6.07) is 71.3. The van der Waals surface area contributed by atoms with E-state index in [0.29, 0.717) is 0 Å². The maximum absolute atomic E-state index is 7.02. The van der Waals surface area contributed by atoms with Crippen LogP contribution in [0.1, 0.15) is 0 Å². The second-order valence-electron chi connectivity index (χ2n) is 14.8. The lowest BCUT2D eigenvalue weighted by atomic mass is 9.98. The Balaban J connectivity index is 1.16. The standard InChI is InChI=1S/C54H33NO2S/c1-4-13-34(14-5-1)37-23-26-43-49(31-37)57-54-41(36-17-8-3-9-18-36)27-28-46(53(43)54)55(39-25-30-51-44(32-39)42-19-10-11-22-50(42)58-51)38-24-29-47-45(33-38)52-40(20-12-21-48(52)56-47)35-15-6-2-7-16-35/h1-33H. The van der Waals surface area contributed by atoms with Gasteiger partial charge < -0.3 is 13.7 Å². The van der Waals surface area contributed by atoms with Crippen molar-refractivity contribution in [1.29, 1.82) is 0 Å². The Labute approximate surface area is 338 Å². The Hall–Kier alpha value is -7.40. The Morgan fingerprint density at radius 2 is 1.02 bits per heavy atom. The Bertz CT molecular complexity index is 3510. The summed E-state index contributed by atoms with van der Waals surface area (Å²) in [5.41, 5.74) is 13.3. The molecule has 4 heteroatoms. The summed E-state index contributed by atoms with van der Waals surface area (Å²) in [6.45, 7) is 0. The van der Waals surface area contributed by atoms with Crippen LogP contribution in [0.25, 0.3) is 97.4 Å². The van der Waals surface area contributed by atoms with Crippen LogP contribution in [0.15, 0.2) is 209 Å². The van der Waals surface area contributed by atoms with Crippen LogP contribution < -0.4 is 4.90 Å². The van der Waals surface area contributed by atoms with Gasteiger partial charge in [0.15, 0.2) is 0 Å². The molecule has 0 bridgehead atoms. The number of thiophene rings is 1. The molecule has 0 N–H and O–H groups in total. The average molecular weight is 760 g/mol. The smallest absolute Gasteiger partial charge is 0.145 e. The molecule has 0 fully saturated rings. The molecule has 272 valence electrons. The van der Waals surface area contributed by atoms with Crippen LogP contribution >= 0.6 is 11.3 Å². The molecule has 0 aliphatic rings. The van der Waals surface area contributed by atoms with Gasteiger partial charge in [0, 0.05) is 53.3 Å². The minimum absolute atomic E-state index is 0.851. The SMILES string of the molecule is c1ccc(-c2ccc3c(c2)oc2c(-c4ccccc4)ccc(N(c4ccc5sc6ccccc6c5c4)c4ccc5oc6cccc(-c7ccccc7)c6c5c4)c23)cc1. The predicted molar refractivity (Wildman–Crippen MR) is 245 cm³/mol. The first-order valence-electron chi connectivity index (χ1n) is 19.6. The van der Waals surface area contributed by atoms with Gasteiger partial charge in [-0.05, 0) is 101 Å². The maximum atomic E-state index is 7.02. The molecule has 12 aromatic rings. The van der Waals surface area contributed by atoms with Crippen molar-refractivity contribution in [2.24, 2.45) is 0 Å². The molecule has 12 rings (SSSR count). The van der Waals surface area contributed by atoms with Gasteiger partial charge in [0.2, 0.25) is 0 Å². The van der Waals surface area contributed by atoms with E-state index in [2.05, 4.69) is 205 Å². The van der Waals surface area contributed by atoms with Gasteiger partial charge in [0.1, 0.15) is 22.3 Å². The number of fused-ring (bicyclic) bond motifs is 9. The lowest BCUT2D eigenvalue weighted by Crippen LogP contribution is -2.10. The van der Waals surface area contributed by atoms with Gasteiger partial charge in [-0.25, -0.2) is 0 Å². The van der Waals surface area contributed by atoms with Crippen molar-refractivity contribution in [2.75, 3.05) is 4.90 Å². The van der Waals surface area contributed by atoms with Gasteiger partial charge in [-0.2, -0.15) is 0 Å². The molecule has 0 atom stereocenters. The molecule has 0 amide bonds. The van der Waals surface area contributed by atoms with Crippen LogP contribution in [-0.2, 0) is 0 Å². The third kappa shape index (κ3) is 5.19. The highest BCUT2D eigenvalue weighted by molar-refractivity contribution is 7.25. The van der Waals surface area contributed by atoms with Gasteiger partial charge in [-0.15, -0.1) is 11.3 Å². The van der Waals surface area contributed by atoms with E-state index in [0.717, 1.165) is 94.3 Å². The first kappa shape index (κ1) is 32.8. The third-order valence-corrected chi connectivity index (χ3v) is 12.6. The number of anilines is 3. The first-order chi connectivity index (χ1) is 28.7. The zero-order valence-electron chi connectivity index (χ0n) is 31.2. The Morgan fingerprint density at radius 1 is 0.345 bits per heavy atom. The summed E-state index contributed by atoms with van der Waals surface area (Å²) >= 11 is 1.84. The van der Waals surface area contributed by atoms with Crippen LogP contribution in [0, 0.1) is 0 Å². The number of nitrogens with zero attached hydrogens (tertiary/aromatic N) is 1. The molecule has 0 saturated heterocycles. The van der Waals surface area contributed by atoms with Crippen molar-refractivity contribution >= 4 is 92.4 Å². The van der Waals surface area contributed by atoms with E-state index in [-0.39, 0.29) is 0 Å². The maximum Gasteiger partial charge on any atom is 0.145 e. The summed E-state index contributed by atoms with van der Waals surface area (Å²) < 4.78 is 16.1. The molecule has 3 heterocycles. The first-order valence-corrected chi connectivity index (χ1v) is 20.4. The van der Waals surface area contributed by atoms with E-state index in [9.17, 15) is 0 Å². The number of hydrogen-bond donors (Lipinski definition) is 0. The van der Waals surface area contributed by atoms with Crippen LogP contribution in [0.2, 0.25) is 0 Å². The fraction of sp³-hybridized carbons (Fsp3) is 0. The number of benzene rings is 9. The molecular formula is C54H33NO2S. The third-order valence-electron chi connectivity index (χ3n) is 11.5. The van der Waals surface area contributed by atoms with Crippen LogP contribution in [0.5, 0.6) is 0 Å². The molecular weight excluding hydrogens is 727 g/mol. The summed E-state index contributed by atoms with van der Waals surface area (Å²) in [4.78, 5) is 2.41. The minimum atomic E-state index is 0.851. The largest absolute Gasteiger partial charge is 0.456 e. The topological polar surface area (TPSA) is 29.5 Å². The lowest BCUT2D eigenvalue weighted by Gasteiger charge is -2.27. The van der Waals surface area contributed by atoms with E-state index >= 15 is 0 Å². The summed E-state index contributed by atoms with van der Waals surface area (Å²) in [7, 11) is 0. The Morgan fingerprint density at radius 3 is 1.81 bits per heavy atom. The molecule has 0 unspecified atom stereocenters. The zero-order chi connectivity index (χ0) is 38.2. The van der Waals surface area contributed by atoms with E-state index in [1.165, 1.54) is 20.2 Å². The number of furan rings is 2. The summed E-state index contributed by atoms with van der Waals surface area (Å²) in [6.07, 6.45) is 0. The van der Waals surface area contributed by atoms with Gasteiger partial charge >= 0.3 is 0 Å². The number of hydrogen-bond acceptors (Lipinski definition) is 4. The zero-order valence-corrected chi connectivity index (χ0v) is 32.0. The highest BCUT2D eigenvalue weighted by atomic mass is 32.1. The summed E-state index contributed by atoms with van der Waals surface area (Å²) in [5, 5.41) is 6.81. The lowest BCUT2D eigenvalue weighted by molar-refractivity contribution is 0.669. The van der Waals surface area contributed by atoms with Crippen molar-refractivity contribution in [3.05, 3.63) is 200 Å². The molecule has 3 aromatic heterocycles. The molecule has 3 nitrogen and oxygen atoms in total. The normalized spacial score (nSPS) is 11.8. The highest BCUT2D eigenvalue weighted by Gasteiger charge is 2.24. The Kier molecular flexibility index (Phi) is 7.40. The second-order valence-corrected chi connectivity index (χ2v) is 15.9. The fourth-order valence-corrected chi connectivity index (χ4v) is 9.88. The van der Waals surface area contributed by atoms with Crippen LogP contribution in [-0.4, -0.2) is 0 Å². The van der Waals surface area contributed by atoms with Crippen LogP contribution in [0.4, 0.5) is 17.1 Å². The summed E-state index contributed by atoms with van der Waals surface area (Å²) in [5.74, 6) is 0. The van der Waals surface area contributed by atoms with Crippen molar-refractivity contribution in [3.63, 3.8) is 0 Å². The van der Waals surface area contributed by atoms with Crippen molar-refractivity contribution in [1.82, 2.24) is 0 Å². The molecule has 58 heavy (non-hydrogen) atoms. The average Bonchev–Trinajstić information content (AvgIpc) is 3.98. The van der Waals surface area contributed by atoms with Gasteiger partial charge in [-0.1, -0.05) is 127 Å². The number of rotatable bonds is 6. The van der Waals surface area contributed by atoms with Crippen molar-refractivity contribution in [2.45, 2.75) is 0 Å². The molecule has 0 aliphatic carbocycles. The minimum Gasteiger partial charge on any atom is -0.456 e. The monoisotopic (exact) mass is 759 g/mol. The molecule has 0 aliphatic heterocycles. The van der Waals surface area contributed by atoms with Crippen LogP contribution in [0.3, 0.4) is 0 Å². The molecule has 0 saturated carbocycles. The van der Waals surface area contributed by atoms with Crippen molar-refractivity contribution < 1.29 is 8.83 Å². The predicted octanol–water partition coefficient (Wildman–Crippen LogP) is 16.3. The van der Waals surface area contributed by atoms with Gasteiger partial charge in [0.05, 0.1) is 11.1 Å². The second kappa shape index (κ2) is 13.1. The highest BCUT2D eigenvalue weighted by Crippen LogP contribution is 2.49. The quantitative estimate of drug-likeness (QED) is 0.169. The van der Waals surface area contributed by atoms with E-state index in [1.54, 1.807) is 0 Å². The fourth-order valence-electron chi connectivity index (χ4n) is 8.80. The molecule has 0 radical (unpaired) electrons. The van der Waals surface area contributed by atoms with E-state index < -0.39 is 0 Å². The van der Waals surface area contributed by atoms with Gasteiger partial charge in [-0.3, -0.25) is 0 Å². The van der Waals surface area contributed by atoms with E-state index in [4.69, 9.17) is 8.83 Å². The van der Waals surface area contributed by atoms with Gasteiger partial charge in [0.25, 0.3) is 0 Å².